The first-order valence-corrected chi connectivity index (χ1v) is 7.65. The predicted molar refractivity (Wildman–Crippen MR) is 84.1 cm³/mol. The summed E-state index contributed by atoms with van der Waals surface area (Å²) in [7, 11) is 3.69. The van der Waals surface area contributed by atoms with Crippen LogP contribution in [0.4, 0.5) is 5.69 Å². The Bertz CT molecular complexity index is 710. The molecule has 0 aromatic heterocycles. The summed E-state index contributed by atoms with van der Waals surface area (Å²) in [5, 5.41) is 9.99. The molecule has 3 aliphatic rings. The van der Waals surface area contributed by atoms with E-state index in [0.717, 1.165) is 29.8 Å². The molecule has 1 aliphatic carbocycles. The van der Waals surface area contributed by atoms with Crippen molar-refractivity contribution in [2.45, 2.75) is 30.5 Å². The maximum absolute atomic E-state index is 9.99. The number of ether oxygens (including phenoxy) is 2. The average molecular weight is 301 g/mol. The molecular formula is C17H21N2O3+. The van der Waals surface area contributed by atoms with Gasteiger partial charge in [-0.05, 0) is 0 Å². The summed E-state index contributed by atoms with van der Waals surface area (Å²) in [4.78, 5) is 0. The van der Waals surface area contributed by atoms with Crippen LogP contribution in [0.25, 0.3) is 0 Å². The molecule has 0 fully saturated rings. The first-order chi connectivity index (χ1) is 10.5. The number of hydrogen-bond acceptors (Lipinski definition) is 4. The lowest BCUT2D eigenvalue weighted by molar-refractivity contribution is -0.493. The minimum Gasteiger partial charge on any atom is -0.493 e. The number of nitrogens with two attached hydrogens (primary N) is 1. The predicted octanol–water partition coefficient (Wildman–Crippen LogP) is 1.06. The van der Waals surface area contributed by atoms with Gasteiger partial charge in [-0.25, -0.2) is 4.58 Å². The minimum absolute atomic E-state index is 0.0724. The molecule has 3 N–H and O–H groups in total. The number of benzene rings is 1. The lowest BCUT2D eigenvalue weighted by atomic mass is 9.69. The van der Waals surface area contributed by atoms with Crippen LogP contribution in [0.15, 0.2) is 18.2 Å². The summed E-state index contributed by atoms with van der Waals surface area (Å²) in [5.74, 6) is 1.45. The Morgan fingerprint density at radius 2 is 2.32 bits per heavy atom. The number of hydrogen-bond donors (Lipinski definition) is 2. The topological polar surface area (TPSA) is 67.7 Å². The van der Waals surface area contributed by atoms with Crippen molar-refractivity contribution >= 4 is 11.9 Å². The number of anilines is 1. The second-order valence-electron chi connectivity index (χ2n) is 6.45. The Morgan fingerprint density at radius 3 is 3.09 bits per heavy atom. The normalized spacial score (nSPS) is 31.7. The van der Waals surface area contributed by atoms with Crippen molar-refractivity contribution in [1.29, 1.82) is 0 Å². The van der Waals surface area contributed by atoms with Crippen LogP contribution in [0.5, 0.6) is 11.5 Å². The summed E-state index contributed by atoms with van der Waals surface area (Å²) >= 11 is 0. The van der Waals surface area contributed by atoms with E-state index in [1.807, 2.05) is 12.1 Å². The van der Waals surface area contributed by atoms with E-state index >= 15 is 0 Å². The van der Waals surface area contributed by atoms with Gasteiger partial charge in [0.1, 0.15) is 19.7 Å². The molecule has 3 atom stereocenters. The van der Waals surface area contributed by atoms with Crippen LogP contribution in [0.3, 0.4) is 0 Å². The SMILES string of the molecule is COc1cc(N)c2c3c1O[C@H]1C[C@@H](O)C=C[C@@]31CC[N+](C)=C2. The zero-order valence-electron chi connectivity index (χ0n) is 12.9. The van der Waals surface area contributed by atoms with E-state index < -0.39 is 6.10 Å². The molecule has 2 heterocycles. The molecule has 0 radical (unpaired) electrons. The fourth-order valence-corrected chi connectivity index (χ4v) is 4.00. The molecule has 0 bridgehead atoms. The van der Waals surface area contributed by atoms with Crippen LogP contribution < -0.4 is 15.2 Å². The molecule has 2 aliphatic heterocycles. The van der Waals surface area contributed by atoms with Crippen LogP contribution in [-0.4, -0.2) is 48.8 Å². The van der Waals surface area contributed by atoms with Crippen LogP contribution in [0.1, 0.15) is 24.0 Å². The highest BCUT2D eigenvalue weighted by atomic mass is 16.5. The third kappa shape index (κ3) is 1.66. The summed E-state index contributed by atoms with van der Waals surface area (Å²) in [6.07, 6.45) is 7.09. The molecule has 116 valence electrons. The first kappa shape index (κ1) is 13.6. The first-order valence-electron chi connectivity index (χ1n) is 7.65. The summed E-state index contributed by atoms with van der Waals surface area (Å²) in [6, 6.07) is 1.83. The Balaban J connectivity index is 2.03. The largest absolute Gasteiger partial charge is 0.493 e. The van der Waals surface area contributed by atoms with Crippen LogP contribution in [0.2, 0.25) is 0 Å². The Hall–Kier alpha value is -2.01. The molecule has 5 nitrogen and oxygen atoms in total. The van der Waals surface area contributed by atoms with Crippen molar-refractivity contribution in [3.8, 4) is 11.5 Å². The van der Waals surface area contributed by atoms with Gasteiger partial charge in [-0.2, -0.15) is 0 Å². The average Bonchev–Trinajstić information content (AvgIpc) is 2.74. The maximum atomic E-state index is 9.99. The molecule has 1 aromatic carbocycles. The maximum Gasteiger partial charge on any atom is 0.173 e. The van der Waals surface area contributed by atoms with E-state index in [4.69, 9.17) is 15.2 Å². The second kappa shape index (κ2) is 4.49. The van der Waals surface area contributed by atoms with E-state index in [2.05, 4.69) is 23.9 Å². The van der Waals surface area contributed by atoms with E-state index in [9.17, 15) is 5.11 Å². The zero-order chi connectivity index (χ0) is 15.5. The van der Waals surface area contributed by atoms with Gasteiger partial charge in [0.05, 0.1) is 24.2 Å². The van der Waals surface area contributed by atoms with Gasteiger partial charge in [0.25, 0.3) is 0 Å². The van der Waals surface area contributed by atoms with Gasteiger partial charge in [0, 0.05) is 30.2 Å². The van der Waals surface area contributed by atoms with Crippen molar-refractivity contribution < 1.29 is 19.2 Å². The van der Waals surface area contributed by atoms with Gasteiger partial charge in [0.2, 0.25) is 0 Å². The van der Waals surface area contributed by atoms with Gasteiger partial charge >= 0.3 is 0 Å². The molecule has 1 aromatic rings. The van der Waals surface area contributed by atoms with Crippen molar-refractivity contribution in [3.05, 3.63) is 29.3 Å². The van der Waals surface area contributed by atoms with Crippen molar-refractivity contribution in [1.82, 2.24) is 0 Å². The highest BCUT2D eigenvalue weighted by Crippen LogP contribution is 2.56. The van der Waals surface area contributed by atoms with Gasteiger partial charge in [-0.15, -0.1) is 0 Å². The molecule has 1 spiro atoms. The van der Waals surface area contributed by atoms with E-state index in [0.29, 0.717) is 17.9 Å². The van der Waals surface area contributed by atoms with Crippen molar-refractivity contribution in [2.24, 2.45) is 0 Å². The fraction of sp³-hybridized carbons (Fsp3) is 0.471. The molecule has 5 heteroatoms. The van der Waals surface area contributed by atoms with Crippen molar-refractivity contribution in [2.75, 3.05) is 26.4 Å². The lowest BCUT2D eigenvalue weighted by Crippen LogP contribution is -2.42. The molecule has 0 saturated heterocycles. The molecule has 0 saturated carbocycles. The highest BCUT2D eigenvalue weighted by Gasteiger charge is 2.53. The number of methoxy groups -OCH3 is 1. The highest BCUT2D eigenvalue weighted by molar-refractivity contribution is 5.91. The molecule has 0 unspecified atom stereocenters. The third-order valence-electron chi connectivity index (χ3n) is 5.14. The minimum atomic E-state index is -0.457. The van der Waals surface area contributed by atoms with E-state index in [1.54, 1.807) is 7.11 Å². The number of aliphatic hydroxyl groups excluding tert-OH is 1. The van der Waals surface area contributed by atoms with E-state index in [-0.39, 0.29) is 11.5 Å². The molecule has 22 heavy (non-hydrogen) atoms. The van der Waals surface area contributed by atoms with Crippen LogP contribution in [0, 0.1) is 0 Å². The fourth-order valence-electron chi connectivity index (χ4n) is 4.00. The Morgan fingerprint density at radius 1 is 1.50 bits per heavy atom. The van der Waals surface area contributed by atoms with Crippen LogP contribution in [-0.2, 0) is 5.41 Å². The summed E-state index contributed by atoms with van der Waals surface area (Å²) in [6.45, 7) is 0.913. The lowest BCUT2D eigenvalue weighted by Gasteiger charge is -2.34. The number of nitrogens with zero attached hydrogens (tertiary/aromatic N) is 1. The number of rotatable bonds is 1. The number of nitrogen functional groups attached to an aromatic ring is 1. The second-order valence-corrected chi connectivity index (χ2v) is 6.45. The molecule has 4 rings (SSSR count). The van der Waals surface area contributed by atoms with Gasteiger partial charge in [-0.1, -0.05) is 12.2 Å². The standard InChI is InChI=1S/C17H20N2O3/c1-19-6-5-17-4-3-10(20)7-14(17)22-16-13(21-2)8-12(18)11(9-19)15(16)17/h3-4,8-10,14,18,20H,5-7H2,1-2H3/p+1/t10-,14-,17-/m0/s1. The van der Waals surface area contributed by atoms with Crippen LogP contribution >= 0.6 is 0 Å². The Kier molecular flexibility index (Phi) is 2.78. The zero-order valence-corrected chi connectivity index (χ0v) is 12.9. The number of aliphatic hydroxyl groups is 1. The summed E-state index contributed by atoms with van der Waals surface area (Å²) < 4.78 is 13.9. The van der Waals surface area contributed by atoms with Gasteiger partial charge in [0.15, 0.2) is 17.7 Å². The monoisotopic (exact) mass is 301 g/mol. The smallest absolute Gasteiger partial charge is 0.173 e. The van der Waals surface area contributed by atoms with Gasteiger partial charge in [-0.3, -0.25) is 0 Å². The third-order valence-corrected chi connectivity index (χ3v) is 5.14. The molecular weight excluding hydrogens is 280 g/mol. The van der Waals surface area contributed by atoms with Crippen molar-refractivity contribution in [3.63, 3.8) is 0 Å². The quantitative estimate of drug-likeness (QED) is 0.462. The molecule has 0 amide bonds. The van der Waals surface area contributed by atoms with Gasteiger partial charge < -0.3 is 20.3 Å². The summed E-state index contributed by atoms with van der Waals surface area (Å²) in [5.41, 5.74) is 8.89. The Labute approximate surface area is 129 Å². The van der Waals surface area contributed by atoms with E-state index in [1.165, 1.54) is 0 Å².